The van der Waals surface area contributed by atoms with Crippen molar-refractivity contribution >= 4 is 62.5 Å². The molecule has 6 aromatic carbocycles. The zero-order valence-electron chi connectivity index (χ0n) is 37.0. The van der Waals surface area contributed by atoms with Crippen molar-refractivity contribution in [1.82, 2.24) is 0 Å². The number of fused-ring (bicyclic) bond motifs is 12. The van der Waals surface area contributed by atoms with E-state index in [0.717, 1.165) is 11.2 Å². The summed E-state index contributed by atoms with van der Waals surface area (Å²) < 4.78 is 7.05. The molecule has 1 fully saturated rings. The molecule has 1 aromatic heterocycles. The van der Waals surface area contributed by atoms with Crippen molar-refractivity contribution in [2.75, 3.05) is 9.71 Å². The average Bonchev–Trinajstić information content (AvgIpc) is 3.70. The van der Waals surface area contributed by atoms with Crippen molar-refractivity contribution in [2.24, 2.45) is 0 Å². The van der Waals surface area contributed by atoms with Crippen LogP contribution in [-0.4, -0.2) is 12.4 Å². The van der Waals surface area contributed by atoms with Crippen LogP contribution in [-0.2, 0) is 21.7 Å². The van der Waals surface area contributed by atoms with Crippen molar-refractivity contribution in [3.63, 3.8) is 0 Å². The molecule has 2 aliphatic carbocycles. The molecular formula is C56H57BN2O. The lowest BCUT2D eigenvalue weighted by molar-refractivity contribution is 0.195. The van der Waals surface area contributed by atoms with Gasteiger partial charge in [0.1, 0.15) is 11.2 Å². The largest absolute Gasteiger partial charge is 0.456 e. The summed E-state index contributed by atoms with van der Waals surface area (Å²) in [5, 5.41) is 2.47. The third-order valence-corrected chi connectivity index (χ3v) is 16.6. The smallest absolute Gasteiger partial charge is 0.333 e. The van der Waals surface area contributed by atoms with Gasteiger partial charge in [-0.15, -0.1) is 0 Å². The third-order valence-electron chi connectivity index (χ3n) is 16.6. The first-order valence-electron chi connectivity index (χ1n) is 22.7. The van der Waals surface area contributed by atoms with E-state index in [0.29, 0.717) is 0 Å². The van der Waals surface area contributed by atoms with E-state index in [4.69, 9.17) is 4.42 Å². The molecule has 0 N–H and O–H groups in total. The molecule has 4 heteroatoms. The molecule has 0 amide bonds. The molecule has 7 aromatic rings. The number of benzene rings is 6. The quantitative estimate of drug-likeness (QED) is 0.163. The molecule has 60 heavy (non-hydrogen) atoms. The van der Waals surface area contributed by atoms with Gasteiger partial charge in [0.25, 0.3) is 0 Å². The second-order valence-corrected chi connectivity index (χ2v) is 21.9. The van der Waals surface area contributed by atoms with Crippen molar-refractivity contribution < 1.29 is 4.42 Å². The SMILES string of the molecule is CC(C)(C)c1cc2c3c(c1)C1(C)CCCCC1(C)N3c1cc(-c3ccccc3)cc3c1B2N(c1ccccc1)c1ccc2oc4cc5c(cc4c2c1-3)C(C)(C)CCC5(C)C. The Morgan fingerprint density at radius 3 is 2.02 bits per heavy atom. The molecule has 3 nitrogen and oxygen atoms in total. The molecule has 0 spiro atoms. The number of furan rings is 1. The molecule has 3 aliphatic heterocycles. The van der Waals surface area contributed by atoms with Crippen LogP contribution in [0.15, 0.2) is 114 Å². The van der Waals surface area contributed by atoms with E-state index in [1.807, 2.05) is 0 Å². The minimum atomic E-state index is -0.0729. The Hall–Kier alpha value is -5.22. The summed E-state index contributed by atoms with van der Waals surface area (Å²) in [6.45, 7) is 22.1. The summed E-state index contributed by atoms with van der Waals surface area (Å²) in [5.74, 6) is 0. The minimum absolute atomic E-state index is 0.00580. The molecule has 2 atom stereocenters. The Morgan fingerprint density at radius 1 is 0.617 bits per heavy atom. The number of hydrogen-bond donors (Lipinski definition) is 0. The van der Waals surface area contributed by atoms with Gasteiger partial charge in [0.15, 0.2) is 0 Å². The highest BCUT2D eigenvalue weighted by molar-refractivity contribution is 6.93. The molecule has 2 unspecified atom stereocenters. The van der Waals surface area contributed by atoms with E-state index >= 15 is 0 Å². The molecular weight excluding hydrogens is 727 g/mol. The molecule has 0 radical (unpaired) electrons. The maximum Gasteiger partial charge on any atom is 0.333 e. The van der Waals surface area contributed by atoms with Crippen molar-refractivity contribution in [3.8, 4) is 22.3 Å². The zero-order valence-corrected chi connectivity index (χ0v) is 37.0. The van der Waals surface area contributed by atoms with Gasteiger partial charge in [-0.3, -0.25) is 0 Å². The van der Waals surface area contributed by atoms with Crippen molar-refractivity contribution in [1.29, 1.82) is 0 Å². The van der Waals surface area contributed by atoms with Gasteiger partial charge in [-0.25, -0.2) is 0 Å². The normalized spacial score (nSPS) is 23.0. The van der Waals surface area contributed by atoms with Crippen LogP contribution < -0.4 is 20.6 Å². The lowest BCUT2D eigenvalue weighted by atomic mass is 9.43. The highest BCUT2D eigenvalue weighted by Crippen LogP contribution is 2.63. The molecule has 0 saturated heterocycles. The summed E-state index contributed by atoms with van der Waals surface area (Å²) in [7, 11) is 0. The summed E-state index contributed by atoms with van der Waals surface area (Å²) in [6.07, 6.45) is 7.24. The Kier molecular flexibility index (Phi) is 7.19. The van der Waals surface area contributed by atoms with E-state index < -0.39 is 0 Å². The topological polar surface area (TPSA) is 19.6 Å². The van der Waals surface area contributed by atoms with E-state index in [2.05, 4.69) is 181 Å². The van der Waals surface area contributed by atoms with Gasteiger partial charge in [-0.05, 0) is 147 Å². The predicted molar refractivity (Wildman–Crippen MR) is 255 cm³/mol. The molecule has 4 heterocycles. The fourth-order valence-corrected chi connectivity index (χ4v) is 12.8. The molecule has 300 valence electrons. The van der Waals surface area contributed by atoms with E-state index in [-0.39, 0.29) is 34.0 Å². The van der Waals surface area contributed by atoms with E-state index in [9.17, 15) is 0 Å². The van der Waals surface area contributed by atoms with Crippen molar-refractivity contribution in [2.45, 2.75) is 128 Å². The maximum absolute atomic E-state index is 7.05. The number of anilines is 4. The highest BCUT2D eigenvalue weighted by atomic mass is 16.3. The van der Waals surface area contributed by atoms with Gasteiger partial charge in [-0.1, -0.05) is 129 Å². The first-order chi connectivity index (χ1) is 28.6. The molecule has 0 bridgehead atoms. The second-order valence-electron chi connectivity index (χ2n) is 21.9. The Labute approximate surface area is 356 Å². The number of nitrogens with zero attached hydrogens (tertiary/aromatic N) is 2. The highest BCUT2D eigenvalue weighted by Gasteiger charge is 2.62. The summed E-state index contributed by atoms with van der Waals surface area (Å²) in [4.78, 5) is 5.59. The molecule has 12 rings (SSSR count). The van der Waals surface area contributed by atoms with Crippen molar-refractivity contribution in [3.05, 3.63) is 131 Å². The Balaban J connectivity index is 1.27. The maximum atomic E-state index is 7.05. The van der Waals surface area contributed by atoms with Crippen LogP contribution in [0.4, 0.5) is 22.7 Å². The van der Waals surface area contributed by atoms with Crippen LogP contribution in [0.3, 0.4) is 0 Å². The van der Waals surface area contributed by atoms with Gasteiger partial charge >= 0.3 is 6.85 Å². The third kappa shape index (κ3) is 4.63. The standard InChI is InChI=1S/C56H57BN2O/c1-52(2,3)36-30-42-51-43(31-36)57-50-39(28-35(34-18-12-10-13-19-34)29-45(50)58(51)56(9)25-17-16-24-55(42,56)8)48-44(59(57)37-20-14-11-15-21-37)22-23-46-49(48)38-32-40-41(33-47(38)60-46)54(6,7)27-26-53(40,4)5/h10-15,18-23,28-33H,16-17,24-27H2,1-9H3. The lowest BCUT2D eigenvalue weighted by Gasteiger charge is -2.53. The van der Waals surface area contributed by atoms with Crippen LogP contribution in [0.1, 0.15) is 123 Å². The lowest BCUT2D eigenvalue weighted by Crippen LogP contribution is -2.64. The van der Waals surface area contributed by atoms with Crippen LogP contribution in [0.25, 0.3) is 44.2 Å². The Bertz CT molecular complexity index is 2970. The van der Waals surface area contributed by atoms with Crippen LogP contribution >= 0.6 is 0 Å². The van der Waals surface area contributed by atoms with Crippen LogP contribution in [0, 0.1) is 0 Å². The van der Waals surface area contributed by atoms with Gasteiger partial charge in [-0.2, -0.15) is 0 Å². The first-order valence-corrected chi connectivity index (χ1v) is 22.7. The zero-order chi connectivity index (χ0) is 41.3. The monoisotopic (exact) mass is 784 g/mol. The molecule has 1 saturated carbocycles. The molecule has 5 aliphatic rings. The van der Waals surface area contributed by atoms with E-state index in [1.165, 1.54) is 122 Å². The van der Waals surface area contributed by atoms with Gasteiger partial charge < -0.3 is 14.1 Å². The first kappa shape index (κ1) is 36.6. The van der Waals surface area contributed by atoms with Gasteiger partial charge in [0.05, 0.1) is 5.54 Å². The van der Waals surface area contributed by atoms with Gasteiger partial charge in [0.2, 0.25) is 0 Å². The van der Waals surface area contributed by atoms with Crippen LogP contribution in [0.2, 0.25) is 0 Å². The Morgan fingerprint density at radius 2 is 1.30 bits per heavy atom. The number of para-hydroxylation sites is 1. The van der Waals surface area contributed by atoms with Gasteiger partial charge in [0, 0.05) is 44.5 Å². The summed E-state index contributed by atoms with van der Waals surface area (Å²) >= 11 is 0. The van der Waals surface area contributed by atoms with Crippen LogP contribution in [0.5, 0.6) is 0 Å². The predicted octanol–water partition coefficient (Wildman–Crippen LogP) is 13.9. The fourth-order valence-electron chi connectivity index (χ4n) is 12.8. The van der Waals surface area contributed by atoms with E-state index in [1.54, 1.807) is 5.56 Å². The number of rotatable bonds is 2. The second kappa shape index (κ2) is 11.8. The average molecular weight is 785 g/mol. The minimum Gasteiger partial charge on any atom is -0.456 e. The summed E-state index contributed by atoms with van der Waals surface area (Å²) in [5.41, 5.74) is 21.3. The summed E-state index contributed by atoms with van der Waals surface area (Å²) in [6, 6.07) is 42.3. The fraction of sp³-hybridized carbons (Fsp3) is 0.357. The number of hydrogen-bond acceptors (Lipinski definition) is 3.